The topological polar surface area (TPSA) is 75.3 Å². The predicted octanol–water partition coefficient (Wildman–Crippen LogP) is 2.02. The summed E-state index contributed by atoms with van der Waals surface area (Å²) < 4.78 is 1.21. The number of amides is 1. The van der Waals surface area contributed by atoms with Gasteiger partial charge in [-0.25, -0.2) is 4.98 Å². The van der Waals surface area contributed by atoms with Gasteiger partial charge in [0, 0.05) is 57.6 Å². The van der Waals surface area contributed by atoms with E-state index in [4.69, 9.17) is 5.73 Å². The Kier molecular flexibility index (Phi) is 5.42. The van der Waals surface area contributed by atoms with Gasteiger partial charge in [-0.15, -0.1) is 11.3 Å². The van der Waals surface area contributed by atoms with Gasteiger partial charge in [-0.2, -0.15) is 0 Å². The molecule has 4 rings (SSSR count). The lowest BCUT2D eigenvalue weighted by Gasteiger charge is -2.35. The Bertz CT molecular complexity index is 872. The van der Waals surface area contributed by atoms with Gasteiger partial charge in [-0.3, -0.25) is 14.7 Å². The average molecular weight is 382 g/mol. The molecule has 1 fully saturated rings. The Morgan fingerprint density at radius 2 is 1.96 bits per heavy atom. The maximum atomic E-state index is 12.5. The van der Waals surface area contributed by atoms with Gasteiger partial charge in [0.15, 0.2) is 0 Å². The van der Waals surface area contributed by atoms with Gasteiger partial charge in [0.1, 0.15) is 0 Å². The van der Waals surface area contributed by atoms with E-state index in [-0.39, 0.29) is 11.9 Å². The summed E-state index contributed by atoms with van der Waals surface area (Å²) in [6.45, 7) is 3.97. The summed E-state index contributed by atoms with van der Waals surface area (Å²) in [5.41, 5.74) is 8.08. The minimum absolute atomic E-state index is 0.0473. The number of carbonyl (C=O) groups is 1. The van der Waals surface area contributed by atoms with Crippen LogP contribution in [0.3, 0.4) is 0 Å². The highest BCUT2D eigenvalue weighted by molar-refractivity contribution is 7.18. The van der Waals surface area contributed by atoms with Crippen molar-refractivity contribution in [1.82, 2.24) is 19.8 Å². The molecule has 27 heavy (non-hydrogen) atoms. The number of fused-ring (bicyclic) bond motifs is 1. The van der Waals surface area contributed by atoms with Crippen LogP contribution in [0.25, 0.3) is 10.2 Å². The van der Waals surface area contributed by atoms with E-state index in [9.17, 15) is 4.79 Å². The number of rotatable bonds is 5. The highest BCUT2D eigenvalue weighted by Gasteiger charge is 2.23. The summed E-state index contributed by atoms with van der Waals surface area (Å²) in [5, 5.41) is 1.09. The SMILES string of the molecule is NC(Cc1nc2ccccc2s1)CN1CCN(C(=O)c2cccnc2)CC1. The smallest absolute Gasteiger partial charge is 0.255 e. The molecular weight excluding hydrogens is 358 g/mol. The zero-order chi connectivity index (χ0) is 18.6. The molecule has 0 bridgehead atoms. The number of nitrogens with zero attached hydrogens (tertiary/aromatic N) is 4. The molecule has 6 nitrogen and oxygen atoms in total. The van der Waals surface area contributed by atoms with Crippen LogP contribution in [-0.2, 0) is 6.42 Å². The van der Waals surface area contributed by atoms with Gasteiger partial charge in [0.2, 0.25) is 0 Å². The number of pyridine rings is 1. The molecule has 3 aromatic rings. The van der Waals surface area contributed by atoms with Crippen molar-refractivity contribution >= 4 is 27.5 Å². The minimum atomic E-state index is 0.0473. The molecular formula is C20H23N5OS. The van der Waals surface area contributed by atoms with Crippen LogP contribution in [0, 0.1) is 0 Å². The van der Waals surface area contributed by atoms with Gasteiger partial charge in [-0.05, 0) is 24.3 Å². The Hall–Kier alpha value is -2.35. The molecule has 1 unspecified atom stereocenters. The van der Waals surface area contributed by atoms with Crippen LogP contribution in [0.2, 0.25) is 0 Å². The summed E-state index contributed by atoms with van der Waals surface area (Å²) in [4.78, 5) is 25.4. The number of carbonyl (C=O) groups excluding carboxylic acids is 1. The molecule has 2 N–H and O–H groups in total. The van der Waals surface area contributed by atoms with Crippen molar-refractivity contribution in [2.75, 3.05) is 32.7 Å². The Morgan fingerprint density at radius 3 is 2.70 bits per heavy atom. The number of piperazine rings is 1. The Balaban J connectivity index is 1.28. The van der Waals surface area contributed by atoms with Crippen LogP contribution in [0.15, 0.2) is 48.8 Å². The third-order valence-corrected chi connectivity index (χ3v) is 5.89. The fraction of sp³-hybridized carbons (Fsp3) is 0.350. The van der Waals surface area contributed by atoms with Crippen molar-refractivity contribution in [1.29, 1.82) is 0 Å². The standard InChI is InChI=1S/C20H23N5OS/c21-16(12-19-23-17-5-1-2-6-18(17)27-19)14-24-8-10-25(11-9-24)20(26)15-4-3-7-22-13-15/h1-7,13,16H,8-12,14,21H2. The van der Waals surface area contributed by atoms with Gasteiger partial charge in [-0.1, -0.05) is 12.1 Å². The maximum Gasteiger partial charge on any atom is 0.255 e. The molecule has 3 heterocycles. The fourth-order valence-corrected chi connectivity index (χ4v) is 4.49. The summed E-state index contributed by atoms with van der Waals surface area (Å²) in [5.74, 6) is 0.0570. The molecule has 2 aromatic heterocycles. The molecule has 140 valence electrons. The van der Waals surface area contributed by atoms with Crippen LogP contribution >= 0.6 is 11.3 Å². The molecule has 1 amide bonds. The van der Waals surface area contributed by atoms with E-state index in [0.29, 0.717) is 5.56 Å². The quantitative estimate of drug-likeness (QED) is 0.732. The minimum Gasteiger partial charge on any atom is -0.336 e. The number of para-hydroxylation sites is 1. The van der Waals surface area contributed by atoms with E-state index >= 15 is 0 Å². The van der Waals surface area contributed by atoms with Crippen LogP contribution in [0.1, 0.15) is 15.4 Å². The van der Waals surface area contributed by atoms with Crippen molar-refractivity contribution in [3.63, 3.8) is 0 Å². The van der Waals surface area contributed by atoms with Gasteiger partial charge in [0.25, 0.3) is 5.91 Å². The van der Waals surface area contributed by atoms with Crippen molar-refractivity contribution < 1.29 is 4.79 Å². The lowest BCUT2D eigenvalue weighted by Crippen LogP contribution is -2.51. The lowest BCUT2D eigenvalue weighted by molar-refractivity contribution is 0.0630. The largest absolute Gasteiger partial charge is 0.336 e. The monoisotopic (exact) mass is 381 g/mol. The molecule has 1 aliphatic rings. The summed E-state index contributed by atoms with van der Waals surface area (Å²) >= 11 is 1.72. The van der Waals surface area contributed by atoms with E-state index in [1.54, 1.807) is 29.8 Å². The van der Waals surface area contributed by atoms with Crippen molar-refractivity contribution in [2.24, 2.45) is 5.73 Å². The molecule has 0 saturated carbocycles. The van der Waals surface area contributed by atoms with Crippen LogP contribution in [0.4, 0.5) is 0 Å². The third kappa shape index (κ3) is 4.32. The second-order valence-corrected chi connectivity index (χ2v) is 7.99. The molecule has 1 aliphatic heterocycles. The van der Waals surface area contributed by atoms with E-state index in [1.807, 2.05) is 29.2 Å². The van der Waals surface area contributed by atoms with Crippen LogP contribution in [0.5, 0.6) is 0 Å². The second-order valence-electron chi connectivity index (χ2n) is 6.87. The van der Waals surface area contributed by atoms with Gasteiger partial charge < -0.3 is 10.6 Å². The van der Waals surface area contributed by atoms with Crippen molar-refractivity contribution in [3.05, 3.63) is 59.4 Å². The molecule has 1 aromatic carbocycles. The molecule has 1 atom stereocenters. The summed E-state index contributed by atoms with van der Waals surface area (Å²) in [6, 6.07) is 11.8. The lowest BCUT2D eigenvalue weighted by atomic mass is 10.2. The van der Waals surface area contributed by atoms with Crippen LogP contribution < -0.4 is 5.73 Å². The summed E-state index contributed by atoms with van der Waals surface area (Å²) in [6.07, 6.45) is 4.10. The third-order valence-electron chi connectivity index (χ3n) is 4.84. The first kappa shape index (κ1) is 18.0. The first-order valence-corrected chi connectivity index (χ1v) is 10.0. The van der Waals surface area contributed by atoms with Gasteiger partial charge >= 0.3 is 0 Å². The van der Waals surface area contributed by atoms with Crippen molar-refractivity contribution in [3.8, 4) is 0 Å². The second kappa shape index (κ2) is 8.12. The Labute approximate surface area is 162 Å². The number of benzene rings is 1. The maximum absolute atomic E-state index is 12.5. The number of aromatic nitrogens is 2. The van der Waals surface area contributed by atoms with E-state index in [2.05, 4.69) is 20.9 Å². The molecule has 0 aliphatic carbocycles. The fourth-order valence-electron chi connectivity index (χ4n) is 3.43. The first-order valence-electron chi connectivity index (χ1n) is 9.21. The zero-order valence-electron chi connectivity index (χ0n) is 15.1. The molecule has 0 spiro atoms. The average Bonchev–Trinajstić information content (AvgIpc) is 3.10. The van der Waals surface area contributed by atoms with Crippen LogP contribution in [-0.4, -0.2) is 64.4 Å². The zero-order valence-corrected chi connectivity index (χ0v) is 15.9. The number of hydrogen-bond acceptors (Lipinski definition) is 6. The molecule has 1 saturated heterocycles. The van der Waals surface area contributed by atoms with E-state index in [0.717, 1.165) is 49.7 Å². The van der Waals surface area contributed by atoms with E-state index in [1.165, 1.54) is 4.70 Å². The first-order chi connectivity index (χ1) is 13.2. The summed E-state index contributed by atoms with van der Waals surface area (Å²) in [7, 11) is 0. The van der Waals surface area contributed by atoms with Gasteiger partial charge in [0.05, 0.1) is 20.8 Å². The number of thiazole rings is 1. The number of hydrogen-bond donors (Lipinski definition) is 1. The van der Waals surface area contributed by atoms with E-state index < -0.39 is 0 Å². The predicted molar refractivity (Wildman–Crippen MR) is 108 cm³/mol. The highest BCUT2D eigenvalue weighted by atomic mass is 32.1. The normalized spacial score (nSPS) is 16.6. The number of nitrogens with two attached hydrogens (primary N) is 1. The molecule has 7 heteroatoms. The van der Waals surface area contributed by atoms with Crippen molar-refractivity contribution in [2.45, 2.75) is 12.5 Å². The Morgan fingerprint density at radius 1 is 1.15 bits per heavy atom. The highest BCUT2D eigenvalue weighted by Crippen LogP contribution is 2.22. The molecule has 0 radical (unpaired) electrons.